The van der Waals surface area contributed by atoms with Crippen LogP contribution in [0.5, 0.6) is 0 Å². The van der Waals surface area contributed by atoms with Crippen molar-refractivity contribution >= 4 is 0 Å². The summed E-state index contributed by atoms with van der Waals surface area (Å²) in [5.74, 6) is 0. The Labute approximate surface area is 97.7 Å². The molecular formula is C14H10F3. The van der Waals surface area contributed by atoms with Gasteiger partial charge in [-0.2, -0.15) is 13.2 Å². The number of hydrogen-bond acceptors (Lipinski definition) is 0. The first kappa shape index (κ1) is 11.7. The van der Waals surface area contributed by atoms with E-state index in [1.54, 1.807) is 12.1 Å². The van der Waals surface area contributed by atoms with Crippen LogP contribution in [0.4, 0.5) is 13.2 Å². The van der Waals surface area contributed by atoms with Crippen molar-refractivity contribution in [1.82, 2.24) is 0 Å². The van der Waals surface area contributed by atoms with Crippen LogP contribution >= 0.6 is 0 Å². The molecule has 0 aliphatic rings. The highest BCUT2D eigenvalue weighted by molar-refractivity contribution is 5.33. The Kier molecular flexibility index (Phi) is 3.18. The largest absolute Gasteiger partial charge is 0.416 e. The van der Waals surface area contributed by atoms with Gasteiger partial charge in [-0.15, -0.1) is 0 Å². The van der Waals surface area contributed by atoms with E-state index in [0.717, 1.165) is 11.6 Å². The standard InChI is InChI=1S/C14H10F3/c15-14(16,17)13-9-5-4-8-12(13)10-11-6-2-1-3-7-11/h1-7,9H,10H2. The predicted molar refractivity (Wildman–Crippen MR) is 59.5 cm³/mol. The Morgan fingerprint density at radius 2 is 1.65 bits per heavy atom. The lowest BCUT2D eigenvalue weighted by Crippen LogP contribution is -2.09. The van der Waals surface area contributed by atoms with Crippen molar-refractivity contribution in [3.63, 3.8) is 0 Å². The third kappa shape index (κ3) is 2.87. The highest BCUT2D eigenvalue weighted by Gasteiger charge is 2.32. The van der Waals surface area contributed by atoms with E-state index in [4.69, 9.17) is 0 Å². The van der Waals surface area contributed by atoms with Crippen LogP contribution < -0.4 is 0 Å². The van der Waals surface area contributed by atoms with Gasteiger partial charge in [0.15, 0.2) is 0 Å². The van der Waals surface area contributed by atoms with Gasteiger partial charge in [0.2, 0.25) is 0 Å². The molecule has 3 heteroatoms. The highest BCUT2D eigenvalue weighted by atomic mass is 19.4. The van der Waals surface area contributed by atoms with Crippen LogP contribution in [-0.4, -0.2) is 0 Å². The summed E-state index contributed by atoms with van der Waals surface area (Å²) in [6.45, 7) is 0. The smallest absolute Gasteiger partial charge is 0.166 e. The minimum absolute atomic E-state index is 0.186. The summed E-state index contributed by atoms with van der Waals surface area (Å²) < 4.78 is 38.2. The van der Waals surface area contributed by atoms with Gasteiger partial charge >= 0.3 is 6.18 Å². The lowest BCUT2D eigenvalue weighted by molar-refractivity contribution is -0.138. The van der Waals surface area contributed by atoms with E-state index in [9.17, 15) is 13.2 Å². The van der Waals surface area contributed by atoms with Gasteiger partial charge in [0.25, 0.3) is 0 Å². The highest BCUT2D eigenvalue weighted by Crippen LogP contribution is 2.32. The second-order valence-corrected chi connectivity index (χ2v) is 3.72. The Bertz CT molecular complexity index is 486. The van der Waals surface area contributed by atoms with Crippen molar-refractivity contribution in [2.45, 2.75) is 12.6 Å². The first-order chi connectivity index (χ1) is 8.07. The molecule has 2 rings (SSSR count). The van der Waals surface area contributed by atoms with E-state index < -0.39 is 11.7 Å². The van der Waals surface area contributed by atoms with E-state index in [1.165, 1.54) is 12.1 Å². The molecule has 0 bridgehead atoms. The summed E-state index contributed by atoms with van der Waals surface area (Å²) in [5.41, 5.74) is 0.426. The molecule has 0 nitrogen and oxygen atoms in total. The van der Waals surface area contributed by atoms with E-state index >= 15 is 0 Å². The summed E-state index contributed by atoms with van der Waals surface area (Å²) in [6.07, 6.45) is -4.07. The molecule has 0 unspecified atom stereocenters. The molecule has 0 N–H and O–H groups in total. The van der Waals surface area contributed by atoms with Crippen LogP contribution in [0.2, 0.25) is 0 Å². The first-order valence-corrected chi connectivity index (χ1v) is 5.18. The molecule has 0 aromatic heterocycles. The van der Waals surface area contributed by atoms with Crippen LogP contribution in [-0.2, 0) is 12.6 Å². The van der Waals surface area contributed by atoms with Crippen molar-refractivity contribution < 1.29 is 13.2 Å². The monoisotopic (exact) mass is 235 g/mol. The molecule has 0 heterocycles. The van der Waals surface area contributed by atoms with Crippen LogP contribution in [0.3, 0.4) is 0 Å². The molecule has 17 heavy (non-hydrogen) atoms. The zero-order chi connectivity index (χ0) is 12.3. The van der Waals surface area contributed by atoms with Gasteiger partial charge < -0.3 is 0 Å². The molecule has 0 saturated heterocycles. The maximum absolute atomic E-state index is 12.7. The summed E-state index contributed by atoms with van der Waals surface area (Å²) in [5, 5.41) is 0. The lowest BCUT2D eigenvalue weighted by atomic mass is 9.99. The normalized spacial score (nSPS) is 11.5. The molecular weight excluding hydrogens is 225 g/mol. The first-order valence-electron chi connectivity index (χ1n) is 5.18. The summed E-state index contributed by atoms with van der Waals surface area (Å²) in [4.78, 5) is 0. The Balaban J connectivity index is 2.34. The molecule has 0 spiro atoms. The van der Waals surface area contributed by atoms with E-state index in [0.29, 0.717) is 0 Å². The van der Waals surface area contributed by atoms with Crippen molar-refractivity contribution in [2.24, 2.45) is 0 Å². The van der Waals surface area contributed by atoms with Gasteiger partial charge in [0.05, 0.1) is 5.56 Å². The van der Waals surface area contributed by atoms with Crippen molar-refractivity contribution in [3.05, 3.63) is 71.3 Å². The zero-order valence-corrected chi connectivity index (χ0v) is 8.96. The van der Waals surface area contributed by atoms with Gasteiger partial charge in [-0.3, -0.25) is 0 Å². The maximum Gasteiger partial charge on any atom is 0.416 e. The Morgan fingerprint density at radius 1 is 0.941 bits per heavy atom. The molecule has 0 atom stereocenters. The minimum Gasteiger partial charge on any atom is -0.166 e. The predicted octanol–water partition coefficient (Wildman–Crippen LogP) is 4.10. The van der Waals surface area contributed by atoms with Crippen molar-refractivity contribution in [3.8, 4) is 0 Å². The average Bonchev–Trinajstić information content (AvgIpc) is 2.30. The fraction of sp³-hybridized carbons (Fsp3) is 0.143. The third-order valence-electron chi connectivity index (χ3n) is 2.47. The SMILES string of the molecule is FC(F)(F)c1ccc[c]c1Cc1ccccc1. The number of rotatable bonds is 2. The van der Waals surface area contributed by atoms with Gasteiger partial charge in [-0.05, 0) is 29.7 Å². The molecule has 2 aromatic carbocycles. The fourth-order valence-electron chi connectivity index (χ4n) is 1.68. The van der Waals surface area contributed by atoms with Crippen molar-refractivity contribution in [2.75, 3.05) is 0 Å². The fourth-order valence-corrected chi connectivity index (χ4v) is 1.68. The Hall–Kier alpha value is -1.77. The quantitative estimate of drug-likeness (QED) is 0.735. The minimum atomic E-state index is -4.32. The molecule has 0 fully saturated rings. The molecule has 2 aromatic rings. The van der Waals surface area contributed by atoms with Gasteiger partial charge in [-0.25, -0.2) is 0 Å². The molecule has 87 valence electrons. The van der Waals surface area contributed by atoms with Crippen LogP contribution in [0.25, 0.3) is 0 Å². The maximum atomic E-state index is 12.7. The number of alkyl halides is 3. The molecule has 1 radical (unpaired) electrons. The van der Waals surface area contributed by atoms with Gasteiger partial charge in [-0.1, -0.05) is 42.5 Å². The Morgan fingerprint density at radius 3 is 2.29 bits per heavy atom. The van der Waals surface area contributed by atoms with Crippen molar-refractivity contribution in [1.29, 1.82) is 0 Å². The van der Waals surface area contributed by atoms with E-state index in [-0.39, 0.29) is 12.0 Å². The summed E-state index contributed by atoms with van der Waals surface area (Å²) >= 11 is 0. The van der Waals surface area contributed by atoms with Gasteiger partial charge in [0, 0.05) is 0 Å². The molecule has 0 amide bonds. The average molecular weight is 235 g/mol. The number of halogens is 3. The second kappa shape index (κ2) is 4.62. The van der Waals surface area contributed by atoms with E-state index in [1.807, 2.05) is 18.2 Å². The van der Waals surface area contributed by atoms with Gasteiger partial charge in [0.1, 0.15) is 0 Å². The van der Waals surface area contributed by atoms with Crippen LogP contribution in [0.1, 0.15) is 16.7 Å². The van der Waals surface area contributed by atoms with Crippen LogP contribution in [0, 0.1) is 6.07 Å². The second-order valence-electron chi connectivity index (χ2n) is 3.72. The zero-order valence-electron chi connectivity index (χ0n) is 8.96. The molecule has 0 aliphatic carbocycles. The molecule has 0 saturated carbocycles. The number of benzene rings is 2. The summed E-state index contributed by atoms with van der Waals surface area (Å²) in [7, 11) is 0. The number of hydrogen-bond donors (Lipinski definition) is 0. The van der Waals surface area contributed by atoms with E-state index in [2.05, 4.69) is 6.07 Å². The van der Waals surface area contributed by atoms with Crippen LogP contribution in [0.15, 0.2) is 48.5 Å². The topological polar surface area (TPSA) is 0 Å². The lowest BCUT2D eigenvalue weighted by Gasteiger charge is -2.12. The third-order valence-corrected chi connectivity index (χ3v) is 2.47. The molecule has 0 aliphatic heterocycles. The summed E-state index contributed by atoms with van der Waals surface area (Å²) in [6, 6.07) is 15.7.